The molecule has 19 heavy (non-hydrogen) atoms. The fourth-order valence-corrected chi connectivity index (χ4v) is 2.49. The summed E-state index contributed by atoms with van der Waals surface area (Å²) in [6, 6.07) is 5.88. The molecule has 0 spiro atoms. The van der Waals surface area contributed by atoms with Crippen molar-refractivity contribution in [3.8, 4) is 5.75 Å². The molecule has 1 saturated carbocycles. The number of amidine groups is 1. The molecule has 0 heterocycles. The van der Waals surface area contributed by atoms with E-state index in [1.807, 2.05) is 18.2 Å². The number of hydrogen-bond acceptors (Lipinski definition) is 3. The molecule has 0 radical (unpaired) electrons. The van der Waals surface area contributed by atoms with Crippen LogP contribution in [0.25, 0.3) is 0 Å². The summed E-state index contributed by atoms with van der Waals surface area (Å²) < 4.78 is 5.22. The lowest BCUT2D eigenvalue weighted by Crippen LogP contribution is -2.21. The molecule has 0 amide bonds. The van der Waals surface area contributed by atoms with Gasteiger partial charge in [0.15, 0.2) is 0 Å². The summed E-state index contributed by atoms with van der Waals surface area (Å²) in [5.74, 6) is 2.45. The molecule has 4 nitrogen and oxygen atoms in total. The van der Waals surface area contributed by atoms with Crippen molar-refractivity contribution in [3.63, 3.8) is 0 Å². The molecule has 0 aliphatic heterocycles. The van der Waals surface area contributed by atoms with Crippen LogP contribution in [0, 0.1) is 17.2 Å². The maximum absolute atomic E-state index is 7.59. The van der Waals surface area contributed by atoms with Crippen LogP contribution < -0.4 is 10.5 Å². The van der Waals surface area contributed by atoms with Gasteiger partial charge in [0, 0.05) is 13.1 Å². The van der Waals surface area contributed by atoms with Gasteiger partial charge in [-0.2, -0.15) is 0 Å². The molecule has 2 atom stereocenters. The highest BCUT2D eigenvalue weighted by Gasteiger charge is 2.32. The number of methoxy groups -OCH3 is 1. The van der Waals surface area contributed by atoms with Gasteiger partial charge in [-0.15, -0.1) is 0 Å². The molecular weight excluding hydrogens is 238 g/mol. The molecule has 4 heteroatoms. The van der Waals surface area contributed by atoms with Gasteiger partial charge in [-0.3, -0.25) is 5.41 Å². The molecule has 1 aliphatic carbocycles. The highest BCUT2D eigenvalue weighted by molar-refractivity contribution is 5.97. The molecule has 104 valence electrons. The zero-order chi connectivity index (χ0) is 14.0. The molecule has 1 aliphatic rings. The van der Waals surface area contributed by atoms with E-state index in [0.29, 0.717) is 11.3 Å². The lowest BCUT2D eigenvalue weighted by molar-refractivity contribution is 0.307. The van der Waals surface area contributed by atoms with E-state index in [0.717, 1.165) is 24.9 Å². The normalized spacial score (nSPS) is 21.5. The molecule has 1 aromatic rings. The minimum Gasteiger partial charge on any atom is -0.496 e. The van der Waals surface area contributed by atoms with Crippen molar-refractivity contribution in [1.29, 1.82) is 5.41 Å². The second-order valence-corrected chi connectivity index (χ2v) is 5.62. The Hall–Kier alpha value is -1.55. The van der Waals surface area contributed by atoms with Crippen LogP contribution in [0.1, 0.15) is 24.5 Å². The zero-order valence-corrected chi connectivity index (χ0v) is 11.9. The van der Waals surface area contributed by atoms with Crippen LogP contribution in [0.4, 0.5) is 0 Å². The van der Waals surface area contributed by atoms with E-state index in [4.69, 9.17) is 15.9 Å². The van der Waals surface area contributed by atoms with Gasteiger partial charge in [0.1, 0.15) is 11.6 Å². The van der Waals surface area contributed by atoms with E-state index in [2.05, 4.69) is 18.9 Å². The number of ether oxygens (including phenoxy) is 1. The fourth-order valence-electron chi connectivity index (χ4n) is 2.49. The van der Waals surface area contributed by atoms with Gasteiger partial charge in [-0.1, -0.05) is 13.0 Å². The lowest BCUT2D eigenvalue weighted by atomic mass is 10.1. The van der Waals surface area contributed by atoms with E-state index < -0.39 is 0 Å². The van der Waals surface area contributed by atoms with Crippen LogP contribution in [0.2, 0.25) is 0 Å². The van der Waals surface area contributed by atoms with E-state index in [-0.39, 0.29) is 5.84 Å². The van der Waals surface area contributed by atoms with Gasteiger partial charge in [0.25, 0.3) is 0 Å². The van der Waals surface area contributed by atoms with Gasteiger partial charge in [0.2, 0.25) is 0 Å². The fraction of sp³-hybridized carbons (Fsp3) is 0.533. The van der Waals surface area contributed by atoms with E-state index in [1.54, 1.807) is 7.11 Å². The second-order valence-electron chi connectivity index (χ2n) is 5.62. The van der Waals surface area contributed by atoms with Crippen LogP contribution in [-0.2, 0) is 6.54 Å². The van der Waals surface area contributed by atoms with Crippen molar-refractivity contribution in [2.24, 2.45) is 17.6 Å². The summed E-state index contributed by atoms with van der Waals surface area (Å²) >= 11 is 0. The van der Waals surface area contributed by atoms with Crippen LogP contribution in [-0.4, -0.2) is 31.4 Å². The first-order valence-corrected chi connectivity index (χ1v) is 6.71. The molecule has 0 saturated heterocycles. The number of nitrogens with two attached hydrogens (primary N) is 1. The Morgan fingerprint density at radius 3 is 2.74 bits per heavy atom. The Morgan fingerprint density at radius 2 is 2.21 bits per heavy atom. The SMILES string of the molecule is COc1ccc(CN(C)CC2CC2C)cc1C(=N)N. The molecule has 0 aromatic heterocycles. The van der Waals surface area contributed by atoms with Crippen molar-refractivity contribution in [1.82, 2.24) is 4.90 Å². The second kappa shape index (κ2) is 5.61. The van der Waals surface area contributed by atoms with Crippen LogP contribution in [0.5, 0.6) is 5.75 Å². The van der Waals surface area contributed by atoms with Crippen molar-refractivity contribution in [2.75, 3.05) is 20.7 Å². The Morgan fingerprint density at radius 1 is 1.53 bits per heavy atom. The average molecular weight is 261 g/mol. The highest BCUT2D eigenvalue weighted by Crippen LogP contribution is 2.38. The number of nitrogens with zero attached hydrogens (tertiary/aromatic N) is 1. The first-order valence-electron chi connectivity index (χ1n) is 6.71. The minimum absolute atomic E-state index is 0.0529. The number of rotatable bonds is 6. The van der Waals surface area contributed by atoms with Gasteiger partial charge >= 0.3 is 0 Å². The first kappa shape index (κ1) is 13.9. The van der Waals surface area contributed by atoms with E-state index >= 15 is 0 Å². The third-order valence-corrected chi connectivity index (χ3v) is 3.83. The average Bonchev–Trinajstić information content (AvgIpc) is 3.04. The highest BCUT2D eigenvalue weighted by atomic mass is 16.5. The molecule has 2 rings (SSSR count). The Kier molecular flexibility index (Phi) is 4.10. The molecule has 2 unspecified atom stereocenters. The van der Waals surface area contributed by atoms with Crippen molar-refractivity contribution in [3.05, 3.63) is 29.3 Å². The van der Waals surface area contributed by atoms with Gasteiger partial charge < -0.3 is 15.4 Å². The summed E-state index contributed by atoms with van der Waals surface area (Å²) in [7, 11) is 3.74. The van der Waals surface area contributed by atoms with Gasteiger partial charge in [0.05, 0.1) is 12.7 Å². The maximum atomic E-state index is 7.59. The number of hydrogen-bond donors (Lipinski definition) is 2. The monoisotopic (exact) mass is 261 g/mol. The smallest absolute Gasteiger partial charge is 0.129 e. The van der Waals surface area contributed by atoms with Crippen LogP contribution >= 0.6 is 0 Å². The Bertz CT molecular complexity index is 472. The van der Waals surface area contributed by atoms with Crippen molar-refractivity contribution >= 4 is 5.84 Å². The summed E-state index contributed by atoms with van der Waals surface area (Å²) in [5.41, 5.74) is 7.43. The van der Waals surface area contributed by atoms with Gasteiger partial charge in [-0.25, -0.2) is 0 Å². The van der Waals surface area contributed by atoms with Gasteiger partial charge in [-0.05, 0) is 43.0 Å². The van der Waals surface area contributed by atoms with E-state index in [1.165, 1.54) is 12.0 Å². The predicted octanol–water partition coefficient (Wildman–Crippen LogP) is 2.07. The predicted molar refractivity (Wildman–Crippen MR) is 77.6 cm³/mol. The van der Waals surface area contributed by atoms with Crippen molar-refractivity contribution in [2.45, 2.75) is 19.9 Å². The standard InChI is InChI=1S/C15H23N3O/c1-10-6-12(10)9-18(2)8-11-4-5-14(19-3)13(7-11)15(16)17/h4-5,7,10,12H,6,8-9H2,1-3H3,(H3,16,17). The number of nitrogen functional groups attached to an aromatic ring is 1. The maximum Gasteiger partial charge on any atom is 0.129 e. The number of benzene rings is 1. The Labute approximate surface area is 115 Å². The molecule has 1 fully saturated rings. The quantitative estimate of drug-likeness (QED) is 0.608. The van der Waals surface area contributed by atoms with Crippen LogP contribution in [0.15, 0.2) is 18.2 Å². The largest absolute Gasteiger partial charge is 0.496 e. The van der Waals surface area contributed by atoms with Crippen molar-refractivity contribution < 1.29 is 4.74 Å². The minimum atomic E-state index is 0.0529. The number of nitrogens with one attached hydrogen (secondary N) is 1. The van der Waals surface area contributed by atoms with E-state index in [9.17, 15) is 0 Å². The molecular formula is C15H23N3O. The summed E-state index contributed by atoms with van der Waals surface area (Å²) in [6.07, 6.45) is 1.35. The molecule has 3 N–H and O–H groups in total. The third kappa shape index (κ3) is 3.47. The lowest BCUT2D eigenvalue weighted by Gasteiger charge is -2.17. The molecule has 1 aromatic carbocycles. The topological polar surface area (TPSA) is 62.3 Å². The first-order chi connectivity index (χ1) is 9.01. The Balaban J connectivity index is 2.03. The summed E-state index contributed by atoms with van der Waals surface area (Å²) in [5, 5.41) is 7.59. The van der Waals surface area contributed by atoms with Crippen LogP contribution in [0.3, 0.4) is 0 Å². The zero-order valence-electron chi connectivity index (χ0n) is 11.9. The summed E-state index contributed by atoms with van der Waals surface area (Å²) in [4.78, 5) is 2.33. The third-order valence-electron chi connectivity index (χ3n) is 3.83. The summed E-state index contributed by atoms with van der Waals surface area (Å²) in [6.45, 7) is 4.33. The molecule has 0 bridgehead atoms.